The standard InChI is InChI=1S/C29H36N4O2/c1-3-4-10-27-26(24-11-13-25(14-12-24)35-21-23-8-6-5-7-9-23)19-28(32-31-27)29(34)30-20-22-15-17-33(2)18-16-22/h5-9,11-14,19,22H,3-4,10,15-18,20-21H2,1-2H3,(H,30,34). The number of piperidine rings is 1. The summed E-state index contributed by atoms with van der Waals surface area (Å²) < 4.78 is 5.94. The number of carbonyl (C=O) groups is 1. The van der Waals surface area contributed by atoms with Gasteiger partial charge in [-0.25, -0.2) is 0 Å². The highest BCUT2D eigenvalue weighted by molar-refractivity contribution is 5.93. The Kier molecular flexibility index (Phi) is 8.85. The van der Waals surface area contributed by atoms with Crippen LogP contribution >= 0.6 is 0 Å². The smallest absolute Gasteiger partial charge is 0.271 e. The molecule has 6 nitrogen and oxygen atoms in total. The van der Waals surface area contributed by atoms with Crippen molar-refractivity contribution in [2.24, 2.45) is 5.92 Å². The fourth-order valence-electron chi connectivity index (χ4n) is 4.37. The van der Waals surface area contributed by atoms with E-state index in [0.29, 0.717) is 24.8 Å². The van der Waals surface area contributed by atoms with Crippen LogP contribution in [-0.4, -0.2) is 47.7 Å². The molecule has 0 unspecified atom stereocenters. The second kappa shape index (κ2) is 12.5. The third-order valence-corrected chi connectivity index (χ3v) is 6.67. The monoisotopic (exact) mass is 472 g/mol. The van der Waals surface area contributed by atoms with Crippen LogP contribution < -0.4 is 10.1 Å². The fraction of sp³-hybridized carbons (Fsp3) is 0.414. The van der Waals surface area contributed by atoms with Crippen LogP contribution in [0.25, 0.3) is 11.1 Å². The lowest BCUT2D eigenvalue weighted by Gasteiger charge is -2.28. The molecule has 0 radical (unpaired) electrons. The quantitative estimate of drug-likeness (QED) is 0.443. The van der Waals surface area contributed by atoms with Crippen LogP contribution in [-0.2, 0) is 13.0 Å². The first-order valence-corrected chi connectivity index (χ1v) is 12.7. The van der Waals surface area contributed by atoms with E-state index in [1.165, 1.54) is 0 Å². The average molecular weight is 473 g/mol. The molecule has 0 bridgehead atoms. The van der Waals surface area contributed by atoms with Gasteiger partial charge in [0, 0.05) is 12.1 Å². The lowest BCUT2D eigenvalue weighted by atomic mass is 9.97. The molecule has 1 aliphatic heterocycles. The third-order valence-electron chi connectivity index (χ3n) is 6.67. The summed E-state index contributed by atoms with van der Waals surface area (Å²) in [5.41, 5.74) is 4.41. The number of unbranched alkanes of at least 4 members (excludes halogenated alkanes) is 1. The van der Waals surface area contributed by atoms with Crippen molar-refractivity contribution in [3.63, 3.8) is 0 Å². The molecule has 1 aromatic heterocycles. The summed E-state index contributed by atoms with van der Waals surface area (Å²) in [6, 6.07) is 20.0. The molecule has 3 aromatic rings. The summed E-state index contributed by atoms with van der Waals surface area (Å²) in [5, 5.41) is 11.8. The fourth-order valence-corrected chi connectivity index (χ4v) is 4.37. The predicted molar refractivity (Wildman–Crippen MR) is 139 cm³/mol. The number of nitrogens with zero attached hydrogens (tertiary/aromatic N) is 3. The number of likely N-dealkylation sites (tertiary alicyclic amines) is 1. The number of ether oxygens (including phenoxy) is 1. The Morgan fingerprint density at radius 2 is 1.80 bits per heavy atom. The van der Waals surface area contributed by atoms with Gasteiger partial charge in [-0.15, -0.1) is 5.10 Å². The Morgan fingerprint density at radius 1 is 1.06 bits per heavy atom. The lowest BCUT2D eigenvalue weighted by molar-refractivity contribution is 0.0933. The van der Waals surface area contributed by atoms with Crippen LogP contribution in [0.15, 0.2) is 60.7 Å². The van der Waals surface area contributed by atoms with Crippen molar-refractivity contribution in [1.29, 1.82) is 0 Å². The maximum absolute atomic E-state index is 12.9. The predicted octanol–water partition coefficient (Wildman–Crippen LogP) is 5.14. The van der Waals surface area contributed by atoms with Gasteiger partial charge < -0.3 is 15.0 Å². The van der Waals surface area contributed by atoms with E-state index in [9.17, 15) is 4.79 Å². The van der Waals surface area contributed by atoms with Crippen molar-refractivity contribution in [2.75, 3.05) is 26.7 Å². The van der Waals surface area contributed by atoms with Crippen LogP contribution in [0.2, 0.25) is 0 Å². The minimum absolute atomic E-state index is 0.150. The van der Waals surface area contributed by atoms with Gasteiger partial charge in [-0.1, -0.05) is 55.8 Å². The molecule has 0 atom stereocenters. The van der Waals surface area contributed by atoms with Crippen molar-refractivity contribution in [1.82, 2.24) is 20.4 Å². The Morgan fingerprint density at radius 3 is 2.51 bits per heavy atom. The van der Waals surface area contributed by atoms with Gasteiger partial charge in [0.2, 0.25) is 0 Å². The van der Waals surface area contributed by atoms with Crippen LogP contribution in [0.4, 0.5) is 0 Å². The van der Waals surface area contributed by atoms with Crippen LogP contribution in [0.1, 0.15) is 54.4 Å². The molecule has 184 valence electrons. The molecule has 0 aliphatic carbocycles. The largest absolute Gasteiger partial charge is 0.489 e. The Hall–Kier alpha value is -3.25. The molecule has 2 aromatic carbocycles. The van der Waals surface area contributed by atoms with Gasteiger partial charge in [0.05, 0.1) is 5.69 Å². The zero-order valence-electron chi connectivity index (χ0n) is 20.9. The van der Waals surface area contributed by atoms with Crippen molar-refractivity contribution in [2.45, 2.75) is 45.6 Å². The zero-order chi connectivity index (χ0) is 24.5. The van der Waals surface area contributed by atoms with Crippen molar-refractivity contribution < 1.29 is 9.53 Å². The lowest BCUT2D eigenvalue weighted by Crippen LogP contribution is -2.37. The number of aromatic nitrogens is 2. The summed E-state index contributed by atoms with van der Waals surface area (Å²) in [6.45, 7) is 5.55. The molecular weight excluding hydrogens is 436 g/mol. The van der Waals surface area contributed by atoms with E-state index in [4.69, 9.17) is 4.74 Å². The van der Waals surface area contributed by atoms with Gasteiger partial charge in [-0.2, -0.15) is 5.10 Å². The van der Waals surface area contributed by atoms with Crippen LogP contribution in [0, 0.1) is 5.92 Å². The van der Waals surface area contributed by atoms with Crippen LogP contribution in [0.5, 0.6) is 5.75 Å². The van der Waals surface area contributed by atoms with Gasteiger partial charge in [-0.3, -0.25) is 4.79 Å². The maximum Gasteiger partial charge on any atom is 0.271 e. The molecule has 6 heteroatoms. The molecule has 0 spiro atoms. The van der Waals surface area contributed by atoms with Crippen molar-refractivity contribution in [3.05, 3.63) is 77.6 Å². The van der Waals surface area contributed by atoms with Crippen molar-refractivity contribution >= 4 is 5.91 Å². The van der Waals surface area contributed by atoms with E-state index < -0.39 is 0 Å². The number of nitrogens with one attached hydrogen (secondary N) is 1. The second-order valence-corrected chi connectivity index (χ2v) is 9.45. The summed E-state index contributed by atoms with van der Waals surface area (Å²) in [5.74, 6) is 1.18. The van der Waals surface area contributed by atoms with Gasteiger partial charge in [0.1, 0.15) is 12.4 Å². The molecule has 2 heterocycles. The number of benzene rings is 2. The SMILES string of the molecule is CCCCc1nnc(C(=O)NCC2CCN(C)CC2)cc1-c1ccc(OCc2ccccc2)cc1. The zero-order valence-corrected chi connectivity index (χ0v) is 20.9. The summed E-state index contributed by atoms with van der Waals surface area (Å²) in [7, 11) is 2.15. The van der Waals surface area contributed by atoms with E-state index in [2.05, 4.69) is 46.5 Å². The number of amides is 1. The van der Waals surface area contributed by atoms with E-state index in [1.807, 2.05) is 48.5 Å². The van der Waals surface area contributed by atoms with E-state index in [0.717, 1.165) is 73.3 Å². The molecule has 1 N–H and O–H groups in total. The van der Waals surface area contributed by atoms with E-state index in [-0.39, 0.29) is 5.91 Å². The highest BCUT2D eigenvalue weighted by Gasteiger charge is 2.19. The Labute approximate surface area is 208 Å². The van der Waals surface area contributed by atoms with E-state index >= 15 is 0 Å². The molecule has 1 amide bonds. The minimum Gasteiger partial charge on any atom is -0.489 e. The van der Waals surface area contributed by atoms with Crippen LogP contribution in [0.3, 0.4) is 0 Å². The normalized spacial score (nSPS) is 14.6. The summed E-state index contributed by atoms with van der Waals surface area (Å²) in [6.07, 6.45) is 5.17. The van der Waals surface area contributed by atoms with Gasteiger partial charge in [0.25, 0.3) is 5.91 Å². The van der Waals surface area contributed by atoms with Crippen molar-refractivity contribution in [3.8, 4) is 16.9 Å². The highest BCUT2D eigenvalue weighted by Crippen LogP contribution is 2.27. The summed E-state index contributed by atoms with van der Waals surface area (Å²) in [4.78, 5) is 15.2. The first-order chi connectivity index (χ1) is 17.1. The van der Waals surface area contributed by atoms with Gasteiger partial charge in [-0.05, 0) is 81.1 Å². The average Bonchev–Trinajstić information content (AvgIpc) is 2.91. The Balaban J connectivity index is 1.45. The Bertz CT molecular complexity index is 1080. The molecular formula is C29H36N4O2. The van der Waals surface area contributed by atoms with E-state index in [1.54, 1.807) is 0 Å². The number of aryl methyl sites for hydroxylation is 1. The number of hydrogen-bond donors (Lipinski definition) is 1. The maximum atomic E-state index is 12.9. The molecule has 35 heavy (non-hydrogen) atoms. The molecule has 0 saturated carbocycles. The summed E-state index contributed by atoms with van der Waals surface area (Å²) >= 11 is 0. The first kappa shape index (κ1) is 24.9. The number of rotatable bonds is 10. The second-order valence-electron chi connectivity index (χ2n) is 9.45. The van der Waals surface area contributed by atoms with Gasteiger partial charge in [0.15, 0.2) is 5.69 Å². The molecule has 1 fully saturated rings. The highest BCUT2D eigenvalue weighted by atomic mass is 16.5. The third kappa shape index (κ3) is 7.12. The van der Waals surface area contributed by atoms with Gasteiger partial charge >= 0.3 is 0 Å². The molecule has 4 rings (SSSR count). The number of carbonyl (C=O) groups excluding carboxylic acids is 1. The topological polar surface area (TPSA) is 67.4 Å². The number of hydrogen-bond acceptors (Lipinski definition) is 5. The first-order valence-electron chi connectivity index (χ1n) is 12.7. The minimum atomic E-state index is -0.150. The molecule has 1 saturated heterocycles. The molecule has 1 aliphatic rings.